The van der Waals surface area contributed by atoms with Gasteiger partial charge in [-0.15, -0.1) is 0 Å². The van der Waals surface area contributed by atoms with E-state index in [-0.39, 0.29) is 24.5 Å². The molecule has 1 saturated carbocycles. The molecule has 0 unspecified atom stereocenters. The van der Waals surface area contributed by atoms with Crippen molar-refractivity contribution in [3.05, 3.63) is 62.6 Å². The SMILES string of the molecule is Cc1cc(OCC(=O)N(Cc2ccc(Br)cc2)[C@@H](C)C(=O)NC2CCCC2)cc(C)c1Cl. The molecule has 0 spiro atoms. The fourth-order valence-electron chi connectivity index (χ4n) is 3.98. The Bertz CT molecular complexity index is 935. The lowest BCUT2D eigenvalue weighted by Gasteiger charge is -2.29. The predicted molar refractivity (Wildman–Crippen MR) is 131 cm³/mol. The number of ether oxygens (including phenoxy) is 1. The van der Waals surface area contributed by atoms with Crippen LogP contribution in [0.1, 0.15) is 49.3 Å². The minimum Gasteiger partial charge on any atom is -0.484 e. The average molecular weight is 522 g/mol. The highest BCUT2D eigenvalue weighted by atomic mass is 79.9. The lowest BCUT2D eigenvalue weighted by atomic mass is 10.1. The Morgan fingerprint density at radius 1 is 1.16 bits per heavy atom. The number of hydrogen-bond donors (Lipinski definition) is 1. The van der Waals surface area contributed by atoms with Gasteiger partial charge in [0.05, 0.1) is 0 Å². The van der Waals surface area contributed by atoms with Crippen molar-refractivity contribution < 1.29 is 14.3 Å². The highest BCUT2D eigenvalue weighted by Gasteiger charge is 2.28. The molecule has 3 rings (SSSR count). The Hall–Kier alpha value is -2.05. The zero-order valence-electron chi connectivity index (χ0n) is 18.8. The molecule has 7 heteroatoms. The number of carbonyl (C=O) groups is 2. The molecule has 0 radical (unpaired) electrons. The average Bonchev–Trinajstić information content (AvgIpc) is 3.27. The molecule has 1 aliphatic rings. The van der Waals surface area contributed by atoms with Crippen LogP contribution in [0.15, 0.2) is 40.9 Å². The minimum absolute atomic E-state index is 0.124. The summed E-state index contributed by atoms with van der Waals surface area (Å²) in [5.74, 6) is 0.220. The molecule has 2 amide bonds. The lowest BCUT2D eigenvalue weighted by molar-refractivity contribution is -0.142. The zero-order chi connectivity index (χ0) is 23.3. The number of nitrogens with one attached hydrogen (secondary N) is 1. The van der Waals surface area contributed by atoms with Crippen LogP contribution in [0.2, 0.25) is 5.02 Å². The zero-order valence-corrected chi connectivity index (χ0v) is 21.1. The van der Waals surface area contributed by atoms with Gasteiger partial charge < -0.3 is 15.0 Å². The Kier molecular flexibility index (Phi) is 8.60. The maximum atomic E-state index is 13.2. The minimum atomic E-state index is -0.607. The number of nitrogens with zero attached hydrogens (tertiary/aromatic N) is 1. The third-order valence-corrected chi connectivity index (χ3v) is 7.03. The lowest BCUT2D eigenvalue weighted by Crippen LogP contribution is -2.50. The molecule has 1 atom stereocenters. The molecule has 2 aromatic carbocycles. The van der Waals surface area contributed by atoms with Gasteiger partial charge in [0.15, 0.2) is 6.61 Å². The summed E-state index contributed by atoms with van der Waals surface area (Å²) in [6.45, 7) is 5.75. The molecule has 32 heavy (non-hydrogen) atoms. The Balaban J connectivity index is 1.73. The molecule has 2 aromatic rings. The van der Waals surface area contributed by atoms with Crippen LogP contribution in [0.25, 0.3) is 0 Å². The van der Waals surface area contributed by atoms with Crippen molar-refractivity contribution >= 4 is 39.3 Å². The van der Waals surface area contributed by atoms with Gasteiger partial charge in [0.25, 0.3) is 5.91 Å². The number of carbonyl (C=O) groups excluding carboxylic acids is 2. The van der Waals surface area contributed by atoms with Crippen LogP contribution < -0.4 is 10.1 Å². The molecule has 0 bridgehead atoms. The first kappa shape index (κ1) is 24.6. The number of aryl methyl sites for hydroxylation is 2. The smallest absolute Gasteiger partial charge is 0.261 e. The van der Waals surface area contributed by atoms with E-state index < -0.39 is 6.04 Å². The molecule has 0 aliphatic heterocycles. The number of hydrogen-bond acceptors (Lipinski definition) is 3. The molecule has 172 valence electrons. The first-order valence-corrected chi connectivity index (χ1v) is 12.2. The van der Waals surface area contributed by atoms with Crippen molar-refractivity contribution in [2.75, 3.05) is 6.61 Å². The van der Waals surface area contributed by atoms with Crippen molar-refractivity contribution in [2.45, 2.75) is 65.1 Å². The second kappa shape index (κ2) is 11.2. The highest BCUT2D eigenvalue weighted by molar-refractivity contribution is 9.10. The number of halogens is 2. The maximum Gasteiger partial charge on any atom is 0.261 e. The van der Waals surface area contributed by atoms with Crippen molar-refractivity contribution in [3.63, 3.8) is 0 Å². The first-order valence-electron chi connectivity index (χ1n) is 11.0. The van der Waals surface area contributed by atoms with E-state index in [1.54, 1.807) is 11.8 Å². The molecule has 5 nitrogen and oxygen atoms in total. The number of benzene rings is 2. The van der Waals surface area contributed by atoms with Gasteiger partial charge in [-0.2, -0.15) is 0 Å². The standard InChI is InChI=1S/C25H30BrClN2O3/c1-16-12-22(13-17(2)24(16)27)32-15-23(30)29(14-19-8-10-20(26)11-9-19)18(3)25(31)28-21-6-4-5-7-21/h8-13,18,21H,4-7,14-15H2,1-3H3,(H,28,31)/t18-/m0/s1. The van der Waals surface area contributed by atoms with E-state index in [2.05, 4.69) is 21.2 Å². The summed E-state index contributed by atoms with van der Waals surface area (Å²) in [5.41, 5.74) is 2.73. The van der Waals surface area contributed by atoms with Gasteiger partial charge in [-0.3, -0.25) is 9.59 Å². The van der Waals surface area contributed by atoms with E-state index in [0.717, 1.165) is 46.8 Å². The van der Waals surface area contributed by atoms with E-state index in [0.29, 0.717) is 17.3 Å². The van der Waals surface area contributed by atoms with Crippen LogP contribution in [-0.2, 0) is 16.1 Å². The summed E-state index contributed by atoms with van der Waals surface area (Å²) in [7, 11) is 0. The van der Waals surface area contributed by atoms with Crippen LogP contribution in [0, 0.1) is 13.8 Å². The van der Waals surface area contributed by atoms with Crippen LogP contribution in [0.5, 0.6) is 5.75 Å². The van der Waals surface area contributed by atoms with Gasteiger partial charge in [-0.05, 0) is 74.6 Å². The largest absolute Gasteiger partial charge is 0.484 e. The Morgan fingerprint density at radius 3 is 2.34 bits per heavy atom. The third kappa shape index (κ3) is 6.48. The summed E-state index contributed by atoms with van der Waals surface area (Å²) >= 11 is 9.67. The summed E-state index contributed by atoms with van der Waals surface area (Å²) < 4.78 is 6.76. The second-order valence-corrected chi connectivity index (χ2v) is 9.77. The summed E-state index contributed by atoms with van der Waals surface area (Å²) in [4.78, 5) is 27.7. The molecule has 1 fully saturated rings. The summed E-state index contributed by atoms with van der Waals surface area (Å²) in [6.07, 6.45) is 4.26. The van der Waals surface area contributed by atoms with Crippen LogP contribution in [0.3, 0.4) is 0 Å². The molecule has 1 aliphatic carbocycles. The Morgan fingerprint density at radius 2 is 1.75 bits per heavy atom. The van der Waals surface area contributed by atoms with E-state index in [9.17, 15) is 9.59 Å². The second-order valence-electron chi connectivity index (χ2n) is 8.47. The van der Waals surface area contributed by atoms with Gasteiger partial charge in [0, 0.05) is 22.1 Å². The summed E-state index contributed by atoms with van der Waals surface area (Å²) in [5, 5.41) is 3.80. The monoisotopic (exact) mass is 520 g/mol. The summed E-state index contributed by atoms with van der Waals surface area (Å²) in [6, 6.07) is 11.0. The van der Waals surface area contributed by atoms with Gasteiger partial charge >= 0.3 is 0 Å². The molecule has 0 aromatic heterocycles. The van der Waals surface area contributed by atoms with Gasteiger partial charge in [0.2, 0.25) is 5.91 Å². The van der Waals surface area contributed by atoms with Crippen LogP contribution in [-0.4, -0.2) is 35.4 Å². The molecular weight excluding hydrogens is 492 g/mol. The van der Waals surface area contributed by atoms with Gasteiger partial charge in [-0.1, -0.05) is 52.5 Å². The van der Waals surface area contributed by atoms with Crippen LogP contribution in [0.4, 0.5) is 0 Å². The van der Waals surface area contributed by atoms with E-state index in [1.807, 2.05) is 50.2 Å². The fraction of sp³-hybridized carbons (Fsp3) is 0.440. The predicted octanol–water partition coefficient (Wildman–Crippen LogP) is 5.57. The molecule has 0 saturated heterocycles. The van der Waals surface area contributed by atoms with Gasteiger partial charge in [-0.25, -0.2) is 0 Å². The third-order valence-electron chi connectivity index (χ3n) is 5.91. The number of amides is 2. The molecular formula is C25H30BrClN2O3. The van der Waals surface area contributed by atoms with Crippen LogP contribution >= 0.6 is 27.5 Å². The van der Waals surface area contributed by atoms with Crippen molar-refractivity contribution in [1.29, 1.82) is 0 Å². The normalized spacial score (nSPS) is 14.8. The quantitative estimate of drug-likeness (QED) is 0.494. The molecule has 0 heterocycles. The molecule has 1 N–H and O–H groups in total. The van der Waals surface area contributed by atoms with Gasteiger partial charge in [0.1, 0.15) is 11.8 Å². The maximum absolute atomic E-state index is 13.2. The Labute approximate surface area is 203 Å². The van der Waals surface area contributed by atoms with E-state index in [1.165, 1.54) is 0 Å². The van der Waals surface area contributed by atoms with Crippen molar-refractivity contribution in [2.24, 2.45) is 0 Å². The van der Waals surface area contributed by atoms with Crippen molar-refractivity contribution in [1.82, 2.24) is 10.2 Å². The van der Waals surface area contributed by atoms with Crippen molar-refractivity contribution in [3.8, 4) is 5.75 Å². The fourth-order valence-corrected chi connectivity index (χ4v) is 4.35. The first-order chi connectivity index (χ1) is 15.2. The van der Waals surface area contributed by atoms with E-state index >= 15 is 0 Å². The number of rotatable bonds is 8. The topological polar surface area (TPSA) is 58.6 Å². The van der Waals surface area contributed by atoms with E-state index in [4.69, 9.17) is 16.3 Å². The highest BCUT2D eigenvalue weighted by Crippen LogP contribution is 2.26.